The van der Waals surface area contributed by atoms with Crippen LogP contribution in [0.25, 0.3) is 11.3 Å². The zero-order valence-corrected chi connectivity index (χ0v) is 22.2. The molecule has 3 aliphatic rings. The van der Waals surface area contributed by atoms with Crippen molar-refractivity contribution < 1.29 is 32.5 Å². The van der Waals surface area contributed by atoms with E-state index < -0.39 is 29.7 Å². The van der Waals surface area contributed by atoms with Crippen LogP contribution in [0.4, 0.5) is 17.6 Å². The second-order valence-corrected chi connectivity index (χ2v) is 11.6. The number of ether oxygens (including phenoxy) is 1. The van der Waals surface area contributed by atoms with E-state index in [9.17, 15) is 27.8 Å². The number of nitrogens with zero attached hydrogens (tertiary/aromatic N) is 3. The van der Waals surface area contributed by atoms with Crippen LogP contribution in [-0.4, -0.2) is 76.1 Å². The van der Waals surface area contributed by atoms with Crippen molar-refractivity contribution >= 4 is 0 Å². The molecule has 6 nitrogen and oxygen atoms in total. The fourth-order valence-corrected chi connectivity index (χ4v) is 6.17. The molecule has 2 aliphatic heterocycles. The number of likely N-dealkylation sites (tertiary alicyclic amines) is 2. The van der Waals surface area contributed by atoms with Gasteiger partial charge in [-0.05, 0) is 87.9 Å². The number of β-amino-alcohol motifs (C(OH)–C–C–N with tert-alkyl or cyclic N) is 1. The van der Waals surface area contributed by atoms with Crippen molar-refractivity contribution in [1.29, 1.82) is 0 Å². The zero-order chi connectivity index (χ0) is 27.8. The number of aliphatic hydroxyl groups is 2. The summed E-state index contributed by atoms with van der Waals surface area (Å²) in [6.07, 6.45) is -0.811. The van der Waals surface area contributed by atoms with E-state index >= 15 is 0 Å². The third kappa shape index (κ3) is 6.09. The summed E-state index contributed by atoms with van der Waals surface area (Å²) in [6, 6.07) is 7.97. The van der Waals surface area contributed by atoms with Crippen LogP contribution < -0.4 is 4.74 Å². The lowest BCUT2D eigenvalue weighted by Gasteiger charge is -2.47. The molecule has 214 valence electrons. The van der Waals surface area contributed by atoms with Crippen molar-refractivity contribution in [3.8, 4) is 17.0 Å². The van der Waals surface area contributed by atoms with E-state index in [2.05, 4.69) is 4.98 Å². The number of alkyl halides is 3. The number of aliphatic hydroxyl groups excluding tert-OH is 2. The number of pyridine rings is 1. The molecule has 3 atom stereocenters. The Morgan fingerprint density at radius 1 is 1.15 bits per heavy atom. The van der Waals surface area contributed by atoms with Gasteiger partial charge in [-0.3, -0.25) is 9.88 Å². The minimum Gasteiger partial charge on any atom is -0.492 e. The monoisotopic (exact) mass is 551 g/mol. The molecule has 39 heavy (non-hydrogen) atoms. The van der Waals surface area contributed by atoms with Gasteiger partial charge in [-0.1, -0.05) is 12.5 Å². The predicted molar refractivity (Wildman–Crippen MR) is 138 cm³/mol. The van der Waals surface area contributed by atoms with Gasteiger partial charge in [0.1, 0.15) is 17.8 Å². The third-order valence-corrected chi connectivity index (χ3v) is 8.85. The van der Waals surface area contributed by atoms with Crippen LogP contribution in [0.2, 0.25) is 0 Å². The summed E-state index contributed by atoms with van der Waals surface area (Å²) >= 11 is 0. The Hall–Kier alpha value is -2.27. The van der Waals surface area contributed by atoms with E-state index in [0.717, 1.165) is 12.8 Å². The highest BCUT2D eigenvalue weighted by Gasteiger charge is 2.58. The van der Waals surface area contributed by atoms with Crippen LogP contribution in [-0.2, 0) is 0 Å². The minimum absolute atomic E-state index is 0.00618. The number of rotatable bonds is 8. The zero-order valence-electron chi connectivity index (χ0n) is 22.2. The van der Waals surface area contributed by atoms with Gasteiger partial charge in [-0.15, -0.1) is 0 Å². The Kier molecular flexibility index (Phi) is 8.20. The van der Waals surface area contributed by atoms with Gasteiger partial charge in [0.2, 0.25) is 0 Å². The average molecular weight is 552 g/mol. The third-order valence-electron chi connectivity index (χ3n) is 8.85. The van der Waals surface area contributed by atoms with Crippen LogP contribution in [0.5, 0.6) is 5.75 Å². The molecule has 1 aliphatic carbocycles. The predicted octanol–water partition coefficient (Wildman–Crippen LogP) is 5.16. The van der Waals surface area contributed by atoms with E-state index in [4.69, 9.17) is 4.74 Å². The molecule has 1 aromatic heterocycles. The number of halogens is 4. The molecule has 1 saturated carbocycles. The lowest BCUT2D eigenvalue weighted by atomic mass is 9.67. The quantitative estimate of drug-likeness (QED) is 0.442. The van der Waals surface area contributed by atoms with Crippen molar-refractivity contribution in [1.82, 2.24) is 14.8 Å². The Bertz CT molecular complexity index is 1120. The highest BCUT2D eigenvalue weighted by molar-refractivity contribution is 5.60. The van der Waals surface area contributed by atoms with Crippen molar-refractivity contribution in [2.24, 2.45) is 11.3 Å². The molecule has 3 unspecified atom stereocenters. The molecular formula is C29H37F4N3O3. The first kappa shape index (κ1) is 28.3. The molecule has 0 spiro atoms. The van der Waals surface area contributed by atoms with Crippen LogP contribution in [0.15, 0.2) is 36.5 Å². The Labute approximate surface area is 226 Å². The van der Waals surface area contributed by atoms with Crippen LogP contribution in [0, 0.1) is 17.2 Å². The normalized spacial score (nSPS) is 25.4. The summed E-state index contributed by atoms with van der Waals surface area (Å²) in [6.45, 7) is 4.11. The lowest BCUT2D eigenvalue weighted by molar-refractivity contribution is -0.256. The first-order valence-electron chi connectivity index (χ1n) is 13.8. The van der Waals surface area contributed by atoms with Gasteiger partial charge in [0.15, 0.2) is 0 Å². The molecule has 5 rings (SSSR count). The second-order valence-electron chi connectivity index (χ2n) is 11.6. The maximum atomic E-state index is 15.0. The molecule has 10 heteroatoms. The number of hydrogen-bond donors (Lipinski definition) is 2. The van der Waals surface area contributed by atoms with Gasteiger partial charge in [0, 0.05) is 24.7 Å². The van der Waals surface area contributed by atoms with E-state index in [1.54, 1.807) is 35.4 Å². The highest BCUT2D eigenvalue weighted by Crippen LogP contribution is 2.53. The minimum atomic E-state index is -4.13. The molecule has 0 radical (unpaired) electrons. The smallest absolute Gasteiger partial charge is 0.395 e. The average Bonchev–Trinajstić information content (AvgIpc) is 3.22. The lowest BCUT2D eigenvalue weighted by Crippen LogP contribution is -2.53. The molecular weight excluding hydrogens is 514 g/mol. The summed E-state index contributed by atoms with van der Waals surface area (Å²) in [4.78, 5) is 8.06. The standard InChI is InChI=1S/C29H37F4N3O3/c1-19-13-22(37)16-36(19)27(38)21-3-5-24(25(30)14-21)26-6-4-23(15-34-26)39-17-20-7-11-35(12-8-20)18-28(9-2-10-28)29(31,32)33/h3-6,14-15,19-20,22,27,37-38H,2,7-13,16-18H2,1H3. The van der Waals surface area contributed by atoms with Crippen LogP contribution in [0.1, 0.15) is 57.2 Å². The maximum absolute atomic E-state index is 15.0. The molecule has 3 heterocycles. The van der Waals surface area contributed by atoms with Gasteiger partial charge in [0.05, 0.1) is 30.0 Å². The van der Waals surface area contributed by atoms with E-state index in [1.807, 2.05) is 11.8 Å². The van der Waals surface area contributed by atoms with Gasteiger partial charge < -0.3 is 19.8 Å². The van der Waals surface area contributed by atoms with E-state index in [1.165, 1.54) is 6.07 Å². The SMILES string of the molecule is CC1CC(O)CN1C(O)c1ccc(-c2ccc(OCC3CCN(CC4(C(F)(F)F)CCC4)CC3)cn2)c(F)c1. The fourth-order valence-electron chi connectivity index (χ4n) is 6.17. The fraction of sp³-hybridized carbons (Fsp3) is 0.621. The van der Waals surface area contributed by atoms with E-state index in [0.29, 0.717) is 61.7 Å². The molecule has 1 aromatic carbocycles. The summed E-state index contributed by atoms with van der Waals surface area (Å²) in [5, 5.41) is 20.5. The summed E-state index contributed by atoms with van der Waals surface area (Å²) in [5.41, 5.74) is -0.347. The Morgan fingerprint density at radius 3 is 2.44 bits per heavy atom. The first-order chi connectivity index (χ1) is 18.5. The molecule has 2 N–H and O–H groups in total. The molecule has 0 amide bonds. The van der Waals surface area contributed by atoms with Crippen molar-refractivity contribution in [2.45, 2.75) is 70.0 Å². The number of benzene rings is 1. The summed E-state index contributed by atoms with van der Waals surface area (Å²) < 4.78 is 61.3. The molecule has 3 fully saturated rings. The van der Waals surface area contributed by atoms with E-state index in [-0.39, 0.29) is 31.3 Å². The Morgan fingerprint density at radius 2 is 1.90 bits per heavy atom. The number of piperidine rings is 1. The van der Waals surface area contributed by atoms with Gasteiger partial charge in [-0.2, -0.15) is 13.2 Å². The Balaban J connectivity index is 1.11. The molecule has 2 saturated heterocycles. The number of aromatic nitrogens is 1. The van der Waals surface area contributed by atoms with Crippen molar-refractivity contribution in [3.63, 3.8) is 0 Å². The van der Waals surface area contributed by atoms with Crippen molar-refractivity contribution in [3.05, 3.63) is 47.9 Å². The largest absolute Gasteiger partial charge is 0.492 e. The molecule has 2 aromatic rings. The van der Waals surface area contributed by atoms with Gasteiger partial charge in [0.25, 0.3) is 0 Å². The van der Waals surface area contributed by atoms with Gasteiger partial charge in [-0.25, -0.2) is 4.39 Å². The second kappa shape index (κ2) is 11.3. The van der Waals surface area contributed by atoms with Crippen LogP contribution >= 0.6 is 0 Å². The molecule has 0 bridgehead atoms. The maximum Gasteiger partial charge on any atom is 0.395 e. The number of hydrogen-bond acceptors (Lipinski definition) is 6. The van der Waals surface area contributed by atoms with Gasteiger partial charge >= 0.3 is 6.18 Å². The summed E-state index contributed by atoms with van der Waals surface area (Å²) in [7, 11) is 0. The van der Waals surface area contributed by atoms with Crippen LogP contribution in [0.3, 0.4) is 0 Å². The topological polar surface area (TPSA) is 69.1 Å². The van der Waals surface area contributed by atoms with Crippen molar-refractivity contribution in [2.75, 3.05) is 32.8 Å². The first-order valence-corrected chi connectivity index (χ1v) is 13.8. The highest BCUT2D eigenvalue weighted by atomic mass is 19.4. The summed E-state index contributed by atoms with van der Waals surface area (Å²) in [5.74, 6) is 0.321.